The van der Waals surface area contributed by atoms with Crippen LogP contribution in [0.1, 0.15) is 6.92 Å². The maximum atomic E-state index is 10.00. The van der Waals surface area contributed by atoms with E-state index in [1.165, 1.54) is 6.92 Å². The minimum atomic E-state index is -4.37. The number of aliphatic hydroxyl groups is 1. The first-order chi connectivity index (χ1) is 3.85. The van der Waals surface area contributed by atoms with Crippen molar-refractivity contribution in [2.45, 2.75) is 18.4 Å². The van der Waals surface area contributed by atoms with E-state index < -0.39 is 21.6 Å². The quantitative estimate of drug-likeness (QED) is 0.423. The zero-order valence-electron chi connectivity index (χ0n) is 4.85. The van der Waals surface area contributed by atoms with Gasteiger partial charge in [-0.25, -0.2) is 0 Å². The molecule has 0 aliphatic carbocycles. The van der Waals surface area contributed by atoms with E-state index in [0.29, 0.717) is 0 Å². The van der Waals surface area contributed by atoms with Gasteiger partial charge in [0.25, 0.3) is 10.1 Å². The van der Waals surface area contributed by atoms with Crippen LogP contribution in [0.4, 0.5) is 0 Å². The second-order valence-electron chi connectivity index (χ2n) is 1.76. The van der Waals surface area contributed by atoms with Gasteiger partial charge in [0.2, 0.25) is 0 Å². The van der Waals surface area contributed by atoms with Crippen LogP contribution in [0.15, 0.2) is 0 Å². The Morgan fingerprint density at radius 1 is 1.56 bits per heavy atom. The highest BCUT2D eigenvalue weighted by Gasteiger charge is 2.23. The first kappa shape index (κ1) is 8.83. The number of hydrogen-bond donors (Lipinski definition) is 3. The summed E-state index contributed by atoms with van der Waals surface area (Å²) in [5, 5.41) is 8.50. The fraction of sp³-hybridized carbons (Fsp3) is 1.00. The van der Waals surface area contributed by atoms with E-state index in [2.05, 4.69) is 0 Å². The highest BCUT2D eigenvalue weighted by Crippen LogP contribution is 1.96. The van der Waals surface area contributed by atoms with Gasteiger partial charge >= 0.3 is 0 Å². The molecule has 0 aromatic carbocycles. The molecule has 0 bridgehead atoms. The molecule has 0 fully saturated rings. The lowest BCUT2D eigenvalue weighted by molar-refractivity contribution is 0.210. The topological polar surface area (TPSA) is 101 Å². The number of nitrogens with two attached hydrogens (primary N) is 1. The van der Waals surface area contributed by atoms with E-state index in [1.807, 2.05) is 0 Å². The zero-order valence-corrected chi connectivity index (χ0v) is 5.67. The lowest BCUT2D eigenvalue weighted by atomic mass is 10.4. The molecule has 0 aromatic rings. The maximum Gasteiger partial charge on any atom is 0.293 e. The average molecular weight is 155 g/mol. The smallest absolute Gasteiger partial charge is 0.293 e. The van der Waals surface area contributed by atoms with Crippen LogP contribution >= 0.6 is 0 Å². The summed E-state index contributed by atoms with van der Waals surface area (Å²) in [5.41, 5.74) is 3.06. The minimum absolute atomic E-state index is 0.972. The summed E-state index contributed by atoms with van der Waals surface area (Å²) in [4.78, 5) is 0. The van der Waals surface area contributed by atoms with Crippen molar-refractivity contribution in [1.29, 1.82) is 0 Å². The summed E-state index contributed by atoms with van der Waals surface area (Å²) in [6.45, 7) is 1.28. The van der Waals surface area contributed by atoms with Crippen molar-refractivity contribution in [2.75, 3.05) is 0 Å². The number of rotatable bonds is 2. The Hall–Kier alpha value is -0.170. The second kappa shape index (κ2) is 2.61. The van der Waals surface area contributed by atoms with Gasteiger partial charge in [-0.05, 0) is 6.92 Å². The molecule has 2 unspecified atom stereocenters. The lowest BCUT2D eigenvalue weighted by Crippen LogP contribution is -2.37. The molecule has 0 aliphatic heterocycles. The largest absolute Gasteiger partial charge is 0.374 e. The molecule has 9 heavy (non-hydrogen) atoms. The Morgan fingerprint density at radius 3 is 1.89 bits per heavy atom. The van der Waals surface area contributed by atoms with Gasteiger partial charge < -0.3 is 10.8 Å². The molecule has 0 saturated carbocycles. The van der Waals surface area contributed by atoms with Crippen LogP contribution in [0.2, 0.25) is 0 Å². The molecule has 0 aromatic heterocycles. The predicted molar refractivity (Wildman–Crippen MR) is 31.2 cm³/mol. The maximum absolute atomic E-state index is 10.00. The first-order valence-electron chi connectivity index (χ1n) is 2.25. The normalized spacial score (nSPS) is 19.1. The van der Waals surface area contributed by atoms with Crippen molar-refractivity contribution < 1.29 is 18.1 Å². The van der Waals surface area contributed by atoms with E-state index in [1.54, 1.807) is 0 Å². The van der Waals surface area contributed by atoms with Gasteiger partial charge in [-0.1, -0.05) is 0 Å². The van der Waals surface area contributed by atoms with Crippen LogP contribution in [0, 0.1) is 0 Å². The van der Waals surface area contributed by atoms with Crippen LogP contribution in [-0.2, 0) is 10.1 Å². The number of aliphatic hydroxyl groups excluding tert-OH is 1. The van der Waals surface area contributed by atoms with Crippen molar-refractivity contribution in [2.24, 2.45) is 5.73 Å². The summed E-state index contributed by atoms with van der Waals surface area (Å²) < 4.78 is 28.1. The van der Waals surface area contributed by atoms with E-state index in [9.17, 15) is 8.42 Å². The Bertz CT molecular complexity index is 172. The van der Waals surface area contributed by atoms with E-state index >= 15 is 0 Å². The van der Waals surface area contributed by atoms with Gasteiger partial charge in [0.05, 0.1) is 0 Å². The predicted octanol–water partition coefficient (Wildman–Crippen LogP) is -1.46. The highest BCUT2D eigenvalue weighted by atomic mass is 32.2. The number of hydrogen-bond acceptors (Lipinski definition) is 4. The third-order valence-corrected chi connectivity index (χ3v) is 1.79. The van der Waals surface area contributed by atoms with Crippen LogP contribution < -0.4 is 5.73 Å². The van der Waals surface area contributed by atoms with Crippen molar-refractivity contribution in [3.63, 3.8) is 0 Å². The van der Waals surface area contributed by atoms with E-state index in [0.717, 1.165) is 0 Å². The minimum Gasteiger partial charge on any atom is -0.374 e. The van der Waals surface area contributed by atoms with Crippen LogP contribution in [-0.4, -0.2) is 29.6 Å². The molecular formula is C3H9NO4S. The Kier molecular flexibility index (Phi) is 2.56. The molecule has 0 aliphatic rings. The average Bonchev–Trinajstić information content (AvgIpc) is 1.62. The third-order valence-electron chi connectivity index (χ3n) is 0.755. The van der Waals surface area contributed by atoms with Gasteiger partial charge in [-0.2, -0.15) is 8.42 Å². The molecule has 56 valence electrons. The summed E-state index contributed by atoms with van der Waals surface area (Å²) in [6, 6.07) is -0.972. The highest BCUT2D eigenvalue weighted by molar-refractivity contribution is 7.86. The Morgan fingerprint density at radius 2 is 1.89 bits per heavy atom. The van der Waals surface area contributed by atoms with Gasteiger partial charge in [0.15, 0.2) is 5.44 Å². The fourth-order valence-electron chi connectivity index (χ4n) is 0.271. The van der Waals surface area contributed by atoms with Crippen LogP contribution in [0.5, 0.6) is 0 Å². The van der Waals surface area contributed by atoms with Crippen molar-refractivity contribution in [3.05, 3.63) is 0 Å². The molecule has 0 spiro atoms. The van der Waals surface area contributed by atoms with Gasteiger partial charge in [0, 0.05) is 6.04 Å². The summed E-state index contributed by atoms with van der Waals surface area (Å²) in [6.07, 6.45) is 0. The van der Waals surface area contributed by atoms with Crippen molar-refractivity contribution in [3.8, 4) is 0 Å². The molecule has 2 atom stereocenters. The van der Waals surface area contributed by atoms with Gasteiger partial charge in [0.1, 0.15) is 0 Å². The lowest BCUT2D eigenvalue weighted by Gasteiger charge is -2.09. The third kappa shape index (κ3) is 2.75. The van der Waals surface area contributed by atoms with E-state index in [4.69, 9.17) is 15.4 Å². The molecule has 4 N–H and O–H groups in total. The van der Waals surface area contributed by atoms with Crippen LogP contribution in [0.3, 0.4) is 0 Å². The molecular weight excluding hydrogens is 146 g/mol. The van der Waals surface area contributed by atoms with Gasteiger partial charge in [-0.3, -0.25) is 4.55 Å². The standard InChI is InChI=1S/C3H9NO4S/c1-2(4)3(5)9(6,7)8/h2-3,5H,4H2,1H3,(H,6,7,8). The summed E-state index contributed by atoms with van der Waals surface area (Å²) in [7, 11) is -4.37. The molecule has 0 amide bonds. The monoisotopic (exact) mass is 155 g/mol. The molecule has 6 heteroatoms. The SMILES string of the molecule is CC(N)C(O)S(=O)(=O)O. The fourth-order valence-corrected chi connectivity index (χ4v) is 0.814. The molecule has 5 nitrogen and oxygen atoms in total. The molecule has 0 rings (SSSR count). The Labute approximate surface area is 53.2 Å². The molecule has 0 radical (unpaired) electrons. The molecule has 0 saturated heterocycles. The summed E-state index contributed by atoms with van der Waals surface area (Å²) >= 11 is 0. The van der Waals surface area contributed by atoms with Gasteiger partial charge in [-0.15, -0.1) is 0 Å². The zero-order chi connectivity index (χ0) is 7.65. The second-order valence-corrected chi connectivity index (χ2v) is 3.28. The van der Waals surface area contributed by atoms with Crippen molar-refractivity contribution >= 4 is 10.1 Å². The first-order valence-corrected chi connectivity index (χ1v) is 3.76. The van der Waals surface area contributed by atoms with E-state index in [-0.39, 0.29) is 0 Å². The molecule has 0 heterocycles. The van der Waals surface area contributed by atoms with Crippen LogP contribution in [0.25, 0.3) is 0 Å². The Balaban J connectivity index is 4.24. The van der Waals surface area contributed by atoms with Crippen molar-refractivity contribution in [1.82, 2.24) is 0 Å². The summed E-state index contributed by atoms with van der Waals surface area (Å²) in [5.74, 6) is 0.